The fourth-order valence-electron chi connectivity index (χ4n) is 2.99. The SMILES string of the molecule is O=C1CNc2ccccc2N1CCC1CCNCC1. The monoisotopic (exact) mass is 259 g/mol. The van der Waals surface area contributed by atoms with E-state index in [-0.39, 0.29) is 5.91 Å². The Balaban J connectivity index is 1.67. The third-order valence-electron chi connectivity index (χ3n) is 4.15. The van der Waals surface area contributed by atoms with Gasteiger partial charge in [0, 0.05) is 6.54 Å². The molecule has 4 heteroatoms. The van der Waals surface area contributed by atoms with E-state index in [9.17, 15) is 4.79 Å². The quantitative estimate of drug-likeness (QED) is 0.870. The van der Waals surface area contributed by atoms with Crippen molar-refractivity contribution in [3.8, 4) is 0 Å². The molecule has 0 radical (unpaired) electrons. The van der Waals surface area contributed by atoms with Crippen molar-refractivity contribution < 1.29 is 4.79 Å². The second-order valence-corrected chi connectivity index (χ2v) is 5.40. The lowest BCUT2D eigenvalue weighted by Gasteiger charge is -2.32. The zero-order valence-corrected chi connectivity index (χ0v) is 11.2. The average molecular weight is 259 g/mol. The number of nitrogens with one attached hydrogen (secondary N) is 2. The van der Waals surface area contributed by atoms with Crippen LogP contribution < -0.4 is 15.5 Å². The molecule has 0 bridgehead atoms. The van der Waals surface area contributed by atoms with E-state index in [0.717, 1.165) is 43.3 Å². The predicted octanol–water partition coefficient (Wildman–Crippen LogP) is 1.83. The number of anilines is 2. The Labute approximate surface area is 114 Å². The molecule has 1 fully saturated rings. The predicted molar refractivity (Wildman–Crippen MR) is 77.5 cm³/mol. The number of rotatable bonds is 3. The fourth-order valence-corrected chi connectivity index (χ4v) is 2.99. The number of carbonyl (C=O) groups excluding carboxylic acids is 1. The molecular formula is C15H21N3O. The first-order valence-electron chi connectivity index (χ1n) is 7.18. The minimum Gasteiger partial charge on any atom is -0.374 e. The standard InChI is InChI=1S/C15H21N3O/c19-15-11-17-13-3-1-2-4-14(13)18(15)10-7-12-5-8-16-9-6-12/h1-4,12,16-17H,5-11H2. The van der Waals surface area contributed by atoms with Crippen molar-refractivity contribution in [1.29, 1.82) is 0 Å². The van der Waals surface area contributed by atoms with Gasteiger partial charge in [0.1, 0.15) is 0 Å². The lowest BCUT2D eigenvalue weighted by Crippen LogP contribution is -2.41. The highest BCUT2D eigenvalue weighted by Crippen LogP contribution is 2.30. The number of fused-ring (bicyclic) bond motifs is 1. The molecule has 0 atom stereocenters. The van der Waals surface area contributed by atoms with E-state index in [1.54, 1.807) is 0 Å². The lowest BCUT2D eigenvalue weighted by molar-refractivity contribution is -0.117. The maximum absolute atomic E-state index is 12.1. The topological polar surface area (TPSA) is 44.4 Å². The summed E-state index contributed by atoms with van der Waals surface area (Å²) in [5.74, 6) is 0.948. The molecule has 4 nitrogen and oxygen atoms in total. The third kappa shape index (κ3) is 2.73. The molecule has 2 heterocycles. The van der Waals surface area contributed by atoms with Crippen LogP contribution in [0.25, 0.3) is 0 Å². The molecule has 1 amide bonds. The Hall–Kier alpha value is -1.55. The summed E-state index contributed by atoms with van der Waals surface area (Å²) in [4.78, 5) is 14.0. The summed E-state index contributed by atoms with van der Waals surface area (Å²) >= 11 is 0. The van der Waals surface area contributed by atoms with Crippen LogP contribution in [0.5, 0.6) is 0 Å². The van der Waals surface area contributed by atoms with Crippen LogP contribution in [-0.4, -0.2) is 32.1 Å². The van der Waals surface area contributed by atoms with Gasteiger partial charge in [0.2, 0.25) is 5.91 Å². The van der Waals surface area contributed by atoms with Gasteiger partial charge in [-0.3, -0.25) is 4.79 Å². The molecule has 19 heavy (non-hydrogen) atoms. The summed E-state index contributed by atoms with van der Waals surface area (Å²) in [6.45, 7) is 3.51. The van der Waals surface area contributed by atoms with Gasteiger partial charge in [-0.2, -0.15) is 0 Å². The lowest BCUT2D eigenvalue weighted by atomic mass is 9.94. The van der Waals surface area contributed by atoms with Gasteiger partial charge in [-0.15, -0.1) is 0 Å². The number of carbonyl (C=O) groups is 1. The van der Waals surface area contributed by atoms with Gasteiger partial charge in [-0.25, -0.2) is 0 Å². The van der Waals surface area contributed by atoms with Gasteiger partial charge < -0.3 is 15.5 Å². The molecule has 1 aromatic carbocycles. The Bertz CT molecular complexity index is 454. The van der Waals surface area contributed by atoms with Crippen molar-refractivity contribution in [2.45, 2.75) is 19.3 Å². The van der Waals surface area contributed by atoms with E-state index in [4.69, 9.17) is 0 Å². The van der Waals surface area contributed by atoms with Crippen LogP contribution in [-0.2, 0) is 4.79 Å². The molecule has 1 aromatic rings. The van der Waals surface area contributed by atoms with Crippen molar-refractivity contribution in [3.63, 3.8) is 0 Å². The summed E-state index contributed by atoms with van der Waals surface area (Å²) < 4.78 is 0. The van der Waals surface area contributed by atoms with Crippen LogP contribution in [0.4, 0.5) is 11.4 Å². The summed E-state index contributed by atoms with van der Waals surface area (Å²) in [5.41, 5.74) is 2.11. The average Bonchev–Trinajstić information content (AvgIpc) is 2.47. The van der Waals surface area contributed by atoms with Crippen LogP contribution in [0.2, 0.25) is 0 Å². The van der Waals surface area contributed by atoms with Gasteiger partial charge >= 0.3 is 0 Å². The smallest absolute Gasteiger partial charge is 0.246 e. The molecule has 1 saturated heterocycles. The van der Waals surface area contributed by atoms with E-state index in [2.05, 4.69) is 10.6 Å². The number of hydrogen-bond acceptors (Lipinski definition) is 3. The molecule has 2 N–H and O–H groups in total. The number of amides is 1. The molecule has 0 aliphatic carbocycles. The van der Waals surface area contributed by atoms with Crippen LogP contribution >= 0.6 is 0 Å². The van der Waals surface area contributed by atoms with Crippen molar-refractivity contribution in [3.05, 3.63) is 24.3 Å². The van der Waals surface area contributed by atoms with Crippen LogP contribution in [0.1, 0.15) is 19.3 Å². The molecular weight excluding hydrogens is 238 g/mol. The highest BCUT2D eigenvalue weighted by molar-refractivity contribution is 6.02. The van der Waals surface area contributed by atoms with Gasteiger partial charge in [0.25, 0.3) is 0 Å². The summed E-state index contributed by atoms with van der Waals surface area (Å²) in [6.07, 6.45) is 3.59. The Morgan fingerprint density at radius 2 is 2.00 bits per heavy atom. The third-order valence-corrected chi connectivity index (χ3v) is 4.15. The Kier molecular flexibility index (Phi) is 3.69. The molecule has 0 unspecified atom stereocenters. The summed E-state index contributed by atoms with van der Waals surface area (Å²) in [6, 6.07) is 8.07. The molecule has 102 valence electrons. The minimum absolute atomic E-state index is 0.188. The first kappa shape index (κ1) is 12.5. The fraction of sp³-hybridized carbons (Fsp3) is 0.533. The zero-order chi connectivity index (χ0) is 13.1. The van der Waals surface area contributed by atoms with Gasteiger partial charge in [0.15, 0.2) is 0 Å². The highest BCUT2D eigenvalue weighted by Gasteiger charge is 2.24. The van der Waals surface area contributed by atoms with E-state index in [1.165, 1.54) is 12.8 Å². The molecule has 0 saturated carbocycles. The van der Waals surface area contributed by atoms with Crippen LogP contribution in [0, 0.1) is 5.92 Å². The second kappa shape index (κ2) is 5.61. The first-order chi connectivity index (χ1) is 9.34. The van der Waals surface area contributed by atoms with Crippen molar-refractivity contribution >= 4 is 17.3 Å². The Morgan fingerprint density at radius 1 is 1.21 bits per heavy atom. The van der Waals surface area contributed by atoms with Crippen LogP contribution in [0.3, 0.4) is 0 Å². The highest BCUT2D eigenvalue weighted by atomic mass is 16.2. The van der Waals surface area contributed by atoms with Gasteiger partial charge in [0.05, 0.1) is 17.9 Å². The summed E-state index contributed by atoms with van der Waals surface area (Å²) in [7, 11) is 0. The Morgan fingerprint density at radius 3 is 2.84 bits per heavy atom. The maximum Gasteiger partial charge on any atom is 0.246 e. The minimum atomic E-state index is 0.188. The van der Waals surface area contributed by atoms with Crippen molar-refractivity contribution in [2.24, 2.45) is 5.92 Å². The molecule has 2 aliphatic rings. The summed E-state index contributed by atoms with van der Waals surface area (Å²) in [5, 5.41) is 6.57. The molecule has 3 rings (SSSR count). The largest absolute Gasteiger partial charge is 0.374 e. The molecule has 2 aliphatic heterocycles. The van der Waals surface area contributed by atoms with E-state index < -0.39 is 0 Å². The number of hydrogen-bond donors (Lipinski definition) is 2. The number of nitrogens with zero attached hydrogens (tertiary/aromatic N) is 1. The number of para-hydroxylation sites is 2. The second-order valence-electron chi connectivity index (χ2n) is 5.40. The zero-order valence-electron chi connectivity index (χ0n) is 11.2. The van der Waals surface area contributed by atoms with Crippen LogP contribution in [0.15, 0.2) is 24.3 Å². The van der Waals surface area contributed by atoms with E-state index >= 15 is 0 Å². The van der Waals surface area contributed by atoms with Crippen molar-refractivity contribution in [2.75, 3.05) is 36.4 Å². The van der Waals surface area contributed by atoms with E-state index in [0.29, 0.717) is 6.54 Å². The van der Waals surface area contributed by atoms with Gasteiger partial charge in [-0.05, 0) is 50.4 Å². The molecule has 0 spiro atoms. The van der Waals surface area contributed by atoms with E-state index in [1.807, 2.05) is 29.2 Å². The first-order valence-corrected chi connectivity index (χ1v) is 7.18. The number of benzene rings is 1. The van der Waals surface area contributed by atoms with Crippen molar-refractivity contribution in [1.82, 2.24) is 5.32 Å². The molecule has 0 aromatic heterocycles. The normalized spacial score (nSPS) is 20.0. The number of piperidine rings is 1. The maximum atomic E-state index is 12.1. The van der Waals surface area contributed by atoms with Gasteiger partial charge in [-0.1, -0.05) is 12.1 Å².